The van der Waals surface area contributed by atoms with Crippen molar-refractivity contribution in [1.82, 2.24) is 10.2 Å². The molecule has 0 fully saturated rings. The van der Waals surface area contributed by atoms with E-state index in [0.717, 1.165) is 38.2 Å². The van der Waals surface area contributed by atoms with Crippen LogP contribution < -0.4 is 5.32 Å². The van der Waals surface area contributed by atoms with Crippen LogP contribution in [0.5, 0.6) is 0 Å². The third-order valence-electron chi connectivity index (χ3n) is 5.31. The van der Waals surface area contributed by atoms with Gasteiger partial charge in [-0.1, -0.05) is 60.7 Å². The minimum Gasteiger partial charge on any atom is -0.375 e. The van der Waals surface area contributed by atoms with E-state index >= 15 is 0 Å². The summed E-state index contributed by atoms with van der Waals surface area (Å²) in [5, 5.41) is 3.52. The highest BCUT2D eigenvalue weighted by atomic mass is 35.5. The molecule has 0 saturated carbocycles. The Morgan fingerprint density at radius 2 is 1.65 bits per heavy atom. The van der Waals surface area contributed by atoms with Gasteiger partial charge in [-0.3, -0.25) is 9.69 Å². The highest BCUT2D eigenvalue weighted by Gasteiger charge is 2.31. The number of nitrogens with one attached hydrogen (secondary N) is 1. The summed E-state index contributed by atoms with van der Waals surface area (Å²) in [5.74, 6) is 0.628. The number of hydrogen-bond donors (Lipinski definition) is 1. The Morgan fingerprint density at radius 3 is 2.38 bits per heavy atom. The van der Waals surface area contributed by atoms with Gasteiger partial charge >= 0.3 is 0 Å². The predicted octanol–water partition coefficient (Wildman–Crippen LogP) is 3.91. The van der Waals surface area contributed by atoms with Gasteiger partial charge in [0.1, 0.15) is 0 Å². The Kier molecular flexibility index (Phi) is 6.12. The van der Waals surface area contributed by atoms with Gasteiger partial charge in [0.2, 0.25) is 0 Å². The van der Waals surface area contributed by atoms with Gasteiger partial charge in [0.05, 0.1) is 6.67 Å². The number of halogens is 1. The van der Waals surface area contributed by atoms with Crippen LogP contribution in [0.3, 0.4) is 0 Å². The van der Waals surface area contributed by atoms with Crippen LogP contribution in [0.25, 0.3) is 0 Å². The Morgan fingerprint density at radius 1 is 0.962 bits per heavy atom. The Labute approximate surface area is 161 Å². The smallest absolute Gasteiger partial charge is 0.162 e. The number of rotatable bonds is 4. The van der Waals surface area contributed by atoms with Gasteiger partial charge in [0.25, 0.3) is 0 Å². The standard InChI is InChI=1S/C22H24N2O.ClH/c25-22-14-19(18-9-5-2-6-10-18)13-21-20(22)15-24(16-23-21)12-11-17-7-3-1-4-8-17;/h1-10,19,23H,11-16H2;1H. The van der Waals surface area contributed by atoms with Crippen LogP contribution in [0.1, 0.15) is 29.9 Å². The van der Waals surface area contributed by atoms with Crippen LogP contribution in [-0.2, 0) is 11.2 Å². The second kappa shape index (κ2) is 8.52. The molecule has 0 amide bonds. The highest BCUT2D eigenvalue weighted by Crippen LogP contribution is 2.34. The summed E-state index contributed by atoms with van der Waals surface area (Å²) >= 11 is 0. The van der Waals surface area contributed by atoms with Crippen LogP contribution in [0.4, 0.5) is 0 Å². The Hall–Kier alpha value is -2.10. The van der Waals surface area contributed by atoms with E-state index in [-0.39, 0.29) is 12.4 Å². The molecule has 4 rings (SSSR count). The maximum Gasteiger partial charge on any atom is 0.162 e. The zero-order chi connectivity index (χ0) is 17.1. The molecule has 0 bridgehead atoms. The molecule has 2 aliphatic rings. The van der Waals surface area contributed by atoms with Gasteiger partial charge in [-0.25, -0.2) is 0 Å². The molecular formula is C22H25ClN2O. The highest BCUT2D eigenvalue weighted by molar-refractivity contribution is 5.98. The normalized spacial score (nSPS) is 20.2. The zero-order valence-corrected chi connectivity index (χ0v) is 15.7. The summed E-state index contributed by atoms with van der Waals surface area (Å²) in [5.41, 5.74) is 4.80. The summed E-state index contributed by atoms with van der Waals surface area (Å²) < 4.78 is 0. The molecule has 2 aromatic carbocycles. The fourth-order valence-electron chi connectivity index (χ4n) is 3.86. The van der Waals surface area contributed by atoms with Gasteiger partial charge in [-0.15, -0.1) is 12.4 Å². The van der Waals surface area contributed by atoms with E-state index in [4.69, 9.17) is 0 Å². The molecule has 0 spiro atoms. The zero-order valence-electron chi connectivity index (χ0n) is 14.9. The fraction of sp³-hybridized carbons (Fsp3) is 0.318. The van der Waals surface area contributed by atoms with Crippen LogP contribution in [-0.4, -0.2) is 30.4 Å². The first-order valence-electron chi connectivity index (χ1n) is 9.10. The first-order chi connectivity index (χ1) is 12.3. The average molecular weight is 369 g/mol. The molecule has 0 saturated heterocycles. The molecule has 26 heavy (non-hydrogen) atoms. The van der Waals surface area contributed by atoms with E-state index in [2.05, 4.69) is 58.7 Å². The average Bonchev–Trinajstić information content (AvgIpc) is 2.68. The lowest BCUT2D eigenvalue weighted by molar-refractivity contribution is -0.117. The lowest BCUT2D eigenvalue weighted by atomic mass is 9.81. The minimum atomic E-state index is 0. The van der Waals surface area contributed by atoms with Crippen LogP contribution in [0, 0.1) is 0 Å². The Balaban J connectivity index is 0.00000196. The molecule has 0 aromatic heterocycles. The number of ketones is 1. The number of carbonyl (C=O) groups excluding carboxylic acids is 1. The number of Topliss-reactive ketones (excluding diaryl/α,β-unsaturated/α-hetero) is 1. The lowest BCUT2D eigenvalue weighted by Crippen LogP contribution is -2.45. The molecule has 1 atom stereocenters. The van der Waals surface area contributed by atoms with E-state index in [9.17, 15) is 4.79 Å². The molecule has 4 heteroatoms. The van der Waals surface area contributed by atoms with Crippen molar-refractivity contribution in [2.45, 2.75) is 25.2 Å². The van der Waals surface area contributed by atoms with Crippen molar-refractivity contribution in [3.05, 3.63) is 83.1 Å². The van der Waals surface area contributed by atoms with Gasteiger partial charge in [0, 0.05) is 30.8 Å². The third-order valence-corrected chi connectivity index (χ3v) is 5.31. The quantitative estimate of drug-likeness (QED) is 0.887. The number of nitrogens with zero attached hydrogens (tertiary/aromatic N) is 1. The molecule has 2 aromatic rings. The first kappa shape index (κ1) is 18.7. The van der Waals surface area contributed by atoms with Gasteiger partial charge < -0.3 is 5.32 Å². The van der Waals surface area contributed by atoms with Crippen molar-refractivity contribution in [2.24, 2.45) is 0 Å². The lowest BCUT2D eigenvalue weighted by Gasteiger charge is -2.36. The van der Waals surface area contributed by atoms with E-state index < -0.39 is 0 Å². The number of benzene rings is 2. The van der Waals surface area contributed by atoms with Crippen molar-refractivity contribution in [2.75, 3.05) is 19.8 Å². The molecule has 1 N–H and O–H groups in total. The second-order valence-electron chi connectivity index (χ2n) is 7.02. The molecule has 3 nitrogen and oxygen atoms in total. The van der Waals surface area contributed by atoms with E-state index in [1.807, 2.05) is 12.1 Å². The second-order valence-corrected chi connectivity index (χ2v) is 7.02. The molecule has 0 radical (unpaired) electrons. The summed E-state index contributed by atoms with van der Waals surface area (Å²) in [6.07, 6.45) is 2.61. The fourth-order valence-corrected chi connectivity index (χ4v) is 3.86. The molecule has 136 valence electrons. The maximum atomic E-state index is 12.7. The van der Waals surface area contributed by atoms with Crippen molar-refractivity contribution in [1.29, 1.82) is 0 Å². The summed E-state index contributed by atoms with van der Waals surface area (Å²) in [4.78, 5) is 15.0. The Bertz CT molecular complexity index is 773. The van der Waals surface area contributed by atoms with Crippen molar-refractivity contribution in [3.63, 3.8) is 0 Å². The predicted molar refractivity (Wildman–Crippen MR) is 107 cm³/mol. The summed E-state index contributed by atoms with van der Waals surface area (Å²) in [6, 6.07) is 21.0. The van der Waals surface area contributed by atoms with Gasteiger partial charge in [-0.05, 0) is 29.9 Å². The maximum absolute atomic E-state index is 12.7. The van der Waals surface area contributed by atoms with E-state index in [1.165, 1.54) is 16.8 Å². The molecule has 1 heterocycles. The van der Waals surface area contributed by atoms with Crippen molar-refractivity contribution < 1.29 is 4.79 Å². The van der Waals surface area contributed by atoms with Gasteiger partial charge in [0.15, 0.2) is 5.78 Å². The molecular weight excluding hydrogens is 344 g/mol. The minimum absolute atomic E-state index is 0. The van der Waals surface area contributed by atoms with Gasteiger partial charge in [-0.2, -0.15) is 0 Å². The topological polar surface area (TPSA) is 32.3 Å². The third kappa shape index (κ3) is 4.17. The monoisotopic (exact) mass is 368 g/mol. The van der Waals surface area contributed by atoms with E-state index in [0.29, 0.717) is 18.1 Å². The van der Waals surface area contributed by atoms with Crippen LogP contribution in [0.15, 0.2) is 71.9 Å². The summed E-state index contributed by atoms with van der Waals surface area (Å²) in [6.45, 7) is 2.60. The van der Waals surface area contributed by atoms with Crippen molar-refractivity contribution >= 4 is 18.2 Å². The number of allylic oxidation sites excluding steroid dienone is 1. The number of hydrogen-bond acceptors (Lipinski definition) is 3. The number of carbonyl (C=O) groups is 1. The van der Waals surface area contributed by atoms with Crippen LogP contribution >= 0.6 is 12.4 Å². The summed E-state index contributed by atoms with van der Waals surface area (Å²) in [7, 11) is 0. The van der Waals surface area contributed by atoms with Crippen molar-refractivity contribution in [3.8, 4) is 0 Å². The van der Waals surface area contributed by atoms with Crippen LogP contribution in [0.2, 0.25) is 0 Å². The van der Waals surface area contributed by atoms with E-state index in [1.54, 1.807) is 0 Å². The SMILES string of the molecule is Cl.O=C1CC(c2ccccc2)CC2=C1CN(CCc1ccccc1)CN2. The first-order valence-corrected chi connectivity index (χ1v) is 9.10. The molecule has 1 aliphatic carbocycles. The molecule has 1 unspecified atom stereocenters. The largest absolute Gasteiger partial charge is 0.375 e. The molecule has 1 aliphatic heterocycles.